The van der Waals surface area contributed by atoms with Crippen LogP contribution in [-0.2, 0) is 4.79 Å². The maximum absolute atomic E-state index is 11.2. The fourth-order valence-electron chi connectivity index (χ4n) is 1.82. The lowest BCUT2D eigenvalue weighted by atomic mass is 9.99. The molecule has 2 rings (SSSR count). The van der Waals surface area contributed by atoms with Gasteiger partial charge in [-0.1, -0.05) is 6.92 Å². The fourth-order valence-corrected chi connectivity index (χ4v) is 1.82. The van der Waals surface area contributed by atoms with Crippen LogP contribution < -0.4 is 0 Å². The number of hydrogen-bond acceptors (Lipinski definition) is 2. The molecule has 2 fully saturated rings. The molecule has 0 radical (unpaired) electrons. The second-order valence-corrected chi connectivity index (χ2v) is 3.84. The molecule has 1 saturated carbocycles. The van der Waals surface area contributed by atoms with Gasteiger partial charge in [0, 0.05) is 31.5 Å². The summed E-state index contributed by atoms with van der Waals surface area (Å²) in [7, 11) is 0. The Morgan fingerprint density at radius 1 is 1.45 bits per heavy atom. The molecule has 0 aromatic rings. The molecule has 0 N–H and O–H groups in total. The van der Waals surface area contributed by atoms with Gasteiger partial charge in [0.05, 0.1) is 0 Å². The quantitative estimate of drug-likeness (QED) is 0.561. The molecule has 0 bridgehead atoms. The van der Waals surface area contributed by atoms with Crippen LogP contribution in [0.5, 0.6) is 0 Å². The number of likely N-dealkylation sites (tertiary alicyclic amines) is 1. The van der Waals surface area contributed by atoms with Crippen molar-refractivity contribution >= 4 is 5.78 Å². The SMILES string of the molecule is CC1CN(C2CC2)CCC1=O. The third kappa shape index (κ3) is 1.45. The van der Waals surface area contributed by atoms with Crippen molar-refractivity contribution in [2.45, 2.75) is 32.2 Å². The zero-order valence-electron chi connectivity index (χ0n) is 7.05. The molecule has 0 spiro atoms. The van der Waals surface area contributed by atoms with Gasteiger partial charge in [0.25, 0.3) is 0 Å². The Kier molecular flexibility index (Phi) is 1.72. The lowest BCUT2D eigenvalue weighted by Crippen LogP contribution is -2.40. The predicted octanol–water partition coefficient (Wildman–Crippen LogP) is 1.06. The van der Waals surface area contributed by atoms with Gasteiger partial charge in [0.1, 0.15) is 5.78 Å². The highest BCUT2D eigenvalue weighted by Crippen LogP contribution is 2.29. The minimum atomic E-state index is 0.296. The van der Waals surface area contributed by atoms with Gasteiger partial charge < -0.3 is 0 Å². The molecule has 0 amide bonds. The fraction of sp³-hybridized carbons (Fsp3) is 0.889. The van der Waals surface area contributed by atoms with Crippen LogP contribution in [-0.4, -0.2) is 29.8 Å². The van der Waals surface area contributed by atoms with Gasteiger partial charge in [0.15, 0.2) is 0 Å². The van der Waals surface area contributed by atoms with Gasteiger partial charge in [-0.3, -0.25) is 9.69 Å². The number of carbonyl (C=O) groups excluding carboxylic acids is 1. The lowest BCUT2D eigenvalue weighted by molar-refractivity contribution is -0.125. The van der Waals surface area contributed by atoms with Crippen LogP contribution >= 0.6 is 0 Å². The monoisotopic (exact) mass is 153 g/mol. The van der Waals surface area contributed by atoms with Crippen molar-refractivity contribution in [3.05, 3.63) is 0 Å². The summed E-state index contributed by atoms with van der Waals surface area (Å²) in [4.78, 5) is 13.6. The minimum Gasteiger partial charge on any atom is -0.299 e. The topological polar surface area (TPSA) is 20.3 Å². The van der Waals surface area contributed by atoms with Gasteiger partial charge >= 0.3 is 0 Å². The Morgan fingerprint density at radius 3 is 2.73 bits per heavy atom. The highest BCUT2D eigenvalue weighted by atomic mass is 16.1. The van der Waals surface area contributed by atoms with Crippen molar-refractivity contribution in [2.75, 3.05) is 13.1 Å². The average Bonchev–Trinajstić information content (AvgIpc) is 2.77. The number of piperidine rings is 1. The van der Waals surface area contributed by atoms with Gasteiger partial charge in [0.2, 0.25) is 0 Å². The molecule has 1 atom stereocenters. The van der Waals surface area contributed by atoms with Crippen LogP contribution in [0.15, 0.2) is 0 Å². The molecule has 2 nitrogen and oxygen atoms in total. The van der Waals surface area contributed by atoms with E-state index in [4.69, 9.17) is 0 Å². The number of nitrogens with zero attached hydrogens (tertiary/aromatic N) is 1. The predicted molar refractivity (Wildman–Crippen MR) is 43.4 cm³/mol. The molecule has 62 valence electrons. The van der Waals surface area contributed by atoms with Crippen LogP contribution in [0.3, 0.4) is 0 Å². The Labute approximate surface area is 67.6 Å². The first kappa shape index (κ1) is 7.29. The molecule has 0 aromatic heterocycles. The van der Waals surface area contributed by atoms with Crippen molar-refractivity contribution < 1.29 is 4.79 Å². The zero-order chi connectivity index (χ0) is 7.84. The smallest absolute Gasteiger partial charge is 0.138 e. The Balaban J connectivity index is 1.91. The largest absolute Gasteiger partial charge is 0.299 e. The summed E-state index contributed by atoms with van der Waals surface area (Å²) >= 11 is 0. The maximum Gasteiger partial charge on any atom is 0.138 e. The van der Waals surface area contributed by atoms with E-state index in [9.17, 15) is 4.79 Å². The summed E-state index contributed by atoms with van der Waals surface area (Å²) in [6.07, 6.45) is 3.51. The van der Waals surface area contributed by atoms with E-state index in [0.717, 1.165) is 25.6 Å². The average molecular weight is 153 g/mol. The van der Waals surface area contributed by atoms with Crippen LogP contribution in [0.1, 0.15) is 26.2 Å². The van der Waals surface area contributed by atoms with E-state index in [-0.39, 0.29) is 0 Å². The van der Waals surface area contributed by atoms with E-state index in [2.05, 4.69) is 11.8 Å². The van der Waals surface area contributed by atoms with Gasteiger partial charge in [-0.05, 0) is 12.8 Å². The normalized spacial score (nSPS) is 34.3. The highest BCUT2D eigenvalue weighted by molar-refractivity contribution is 5.81. The van der Waals surface area contributed by atoms with Crippen molar-refractivity contribution in [3.63, 3.8) is 0 Å². The van der Waals surface area contributed by atoms with Crippen LogP contribution in [0.25, 0.3) is 0 Å². The molecule has 1 saturated heterocycles. The second kappa shape index (κ2) is 2.59. The first-order valence-corrected chi connectivity index (χ1v) is 4.54. The van der Waals surface area contributed by atoms with E-state index in [1.165, 1.54) is 12.8 Å². The van der Waals surface area contributed by atoms with Crippen LogP contribution in [0.4, 0.5) is 0 Å². The van der Waals surface area contributed by atoms with Crippen LogP contribution in [0.2, 0.25) is 0 Å². The highest BCUT2D eigenvalue weighted by Gasteiger charge is 2.33. The first-order valence-electron chi connectivity index (χ1n) is 4.54. The van der Waals surface area contributed by atoms with Gasteiger partial charge in [-0.25, -0.2) is 0 Å². The van der Waals surface area contributed by atoms with E-state index in [1.807, 2.05) is 0 Å². The van der Waals surface area contributed by atoms with Crippen molar-refractivity contribution in [2.24, 2.45) is 5.92 Å². The number of ketones is 1. The summed E-state index contributed by atoms with van der Waals surface area (Å²) in [5, 5.41) is 0. The van der Waals surface area contributed by atoms with E-state index >= 15 is 0 Å². The standard InChI is InChI=1S/C9H15NO/c1-7-6-10(8-2-3-8)5-4-9(7)11/h7-8H,2-6H2,1H3. The number of carbonyl (C=O) groups is 1. The maximum atomic E-state index is 11.2. The zero-order valence-corrected chi connectivity index (χ0v) is 7.05. The molecule has 11 heavy (non-hydrogen) atoms. The van der Waals surface area contributed by atoms with Crippen molar-refractivity contribution in [1.82, 2.24) is 4.90 Å². The molecule has 1 unspecified atom stereocenters. The van der Waals surface area contributed by atoms with Crippen molar-refractivity contribution in [3.8, 4) is 0 Å². The van der Waals surface area contributed by atoms with E-state index < -0.39 is 0 Å². The minimum absolute atomic E-state index is 0.296. The molecule has 0 aromatic carbocycles. The summed E-state index contributed by atoms with van der Waals surface area (Å²) in [6, 6.07) is 0.838. The molecule has 2 aliphatic rings. The van der Waals surface area contributed by atoms with Gasteiger partial charge in [-0.2, -0.15) is 0 Å². The van der Waals surface area contributed by atoms with Crippen LogP contribution in [0, 0.1) is 5.92 Å². The molecule has 1 aliphatic carbocycles. The molecular formula is C9H15NO. The molecule has 1 heterocycles. The summed E-state index contributed by atoms with van der Waals surface area (Å²) in [5.41, 5.74) is 0. The second-order valence-electron chi connectivity index (χ2n) is 3.84. The third-order valence-corrected chi connectivity index (χ3v) is 2.77. The summed E-state index contributed by atoms with van der Waals surface area (Å²) in [5.74, 6) is 0.756. The van der Waals surface area contributed by atoms with Gasteiger partial charge in [-0.15, -0.1) is 0 Å². The first-order chi connectivity index (χ1) is 5.27. The molecule has 1 aliphatic heterocycles. The van der Waals surface area contributed by atoms with E-state index in [0.29, 0.717) is 11.7 Å². The Bertz CT molecular complexity index is 174. The third-order valence-electron chi connectivity index (χ3n) is 2.77. The molecular weight excluding hydrogens is 138 g/mol. The van der Waals surface area contributed by atoms with Crippen molar-refractivity contribution in [1.29, 1.82) is 0 Å². The summed E-state index contributed by atoms with van der Waals surface area (Å²) < 4.78 is 0. The lowest BCUT2D eigenvalue weighted by Gasteiger charge is -2.29. The van der Waals surface area contributed by atoms with E-state index in [1.54, 1.807) is 0 Å². The summed E-state index contributed by atoms with van der Waals surface area (Å²) in [6.45, 7) is 4.09. The Morgan fingerprint density at radius 2 is 2.18 bits per heavy atom. The number of rotatable bonds is 1. The number of hydrogen-bond donors (Lipinski definition) is 0. The molecule has 2 heteroatoms. The Hall–Kier alpha value is -0.370. The number of Topliss-reactive ketones (excluding diaryl/α,β-unsaturated/α-hetero) is 1.